The summed E-state index contributed by atoms with van der Waals surface area (Å²) in [7, 11) is 1.75. The molecular formula is C22H24N2O2. The Labute approximate surface area is 154 Å². The molecule has 1 aromatic heterocycles. The minimum atomic E-state index is -0.186. The number of carbonyl (C=O) groups excluding carboxylic acids is 1. The van der Waals surface area contributed by atoms with Crippen molar-refractivity contribution >= 4 is 11.5 Å². The van der Waals surface area contributed by atoms with Crippen LogP contribution < -0.4 is 10.9 Å². The minimum Gasteiger partial charge on any atom is -0.323 e. The van der Waals surface area contributed by atoms with Gasteiger partial charge in [0.25, 0.3) is 11.5 Å². The van der Waals surface area contributed by atoms with Gasteiger partial charge in [0.2, 0.25) is 0 Å². The standard InChI is InChI=1S/C22H24N2O2/c1-5-18(20-14-16(2)22(26)24(4)15-20)13-9-10-17(3)23-21(25)19-11-7-6-8-12-19/h6-15H,3,5H2,1-2,4H3,(H,23,25)/b10-9-,18-13+. The first-order chi connectivity index (χ1) is 12.4. The molecule has 0 atom stereocenters. The summed E-state index contributed by atoms with van der Waals surface area (Å²) in [6, 6.07) is 10.9. The molecule has 1 amide bonds. The van der Waals surface area contributed by atoms with Crippen molar-refractivity contribution in [2.45, 2.75) is 20.3 Å². The second-order valence-corrected chi connectivity index (χ2v) is 6.08. The van der Waals surface area contributed by atoms with Crippen molar-refractivity contribution in [3.63, 3.8) is 0 Å². The maximum atomic E-state index is 12.1. The van der Waals surface area contributed by atoms with Crippen LogP contribution in [0.25, 0.3) is 5.57 Å². The lowest BCUT2D eigenvalue weighted by Gasteiger charge is -2.08. The number of rotatable bonds is 6. The first kappa shape index (κ1) is 19.2. The van der Waals surface area contributed by atoms with Crippen LogP contribution in [-0.2, 0) is 7.05 Å². The molecule has 0 aliphatic heterocycles. The molecule has 1 aromatic carbocycles. The molecule has 1 N–H and O–H groups in total. The number of hydrogen-bond donors (Lipinski definition) is 1. The van der Waals surface area contributed by atoms with Gasteiger partial charge in [-0.1, -0.05) is 43.9 Å². The van der Waals surface area contributed by atoms with Crippen molar-refractivity contribution in [1.29, 1.82) is 0 Å². The number of pyridine rings is 1. The number of amides is 1. The molecule has 26 heavy (non-hydrogen) atoms. The van der Waals surface area contributed by atoms with Crippen LogP contribution in [0, 0.1) is 6.92 Å². The molecule has 0 unspecified atom stereocenters. The predicted octanol–water partition coefficient (Wildman–Crippen LogP) is 3.99. The predicted molar refractivity (Wildman–Crippen MR) is 107 cm³/mol. The van der Waals surface area contributed by atoms with Crippen molar-refractivity contribution in [2.24, 2.45) is 7.05 Å². The third kappa shape index (κ3) is 4.93. The zero-order valence-electron chi connectivity index (χ0n) is 15.5. The van der Waals surface area contributed by atoms with Gasteiger partial charge in [-0.3, -0.25) is 9.59 Å². The highest BCUT2D eigenvalue weighted by atomic mass is 16.1. The van der Waals surface area contributed by atoms with Crippen LogP contribution in [-0.4, -0.2) is 10.5 Å². The van der Waals surface area contributed by atoms with Crippen molar-refractivity contribution in [1.82, 2.24) is 9.88 Å². The van der Waals surface area contributed by atoms with Crippen molar-refractivity contribution in [2.75, 3.05) is 0 Å². The molecule has 0 fully saturated rings. The van der Waals surface area contributed by atoms with Gasteiger partial charge in [0.15, 0.2) is 0 Å². The zero-order chi connectivity index (χ0) is 19.1. The summed E-state index contributed by atoms with van der Waals surface area (Å²) >= 11 is 0. The van der Waals surface area contributed by atoms with Gasteiger partial charge in [-0.25, -0.2) is 0 Å². The molecule has 0 spiro atoms. The second-order valence-electron chi connectivity index (χ2n) is 6.08. The molecule has 2 aromatic rings. The Morgan fingerprint density at radius 1 is 1.23 bits per heavy atom. The summed E-state index contributed by atoms with van der Waals surface area (Å²) in [6.45, 7) is 7.74. The van der Waals surface area contributed by atoms with E-state index in [1.165, 1.54) is 0 Å². The molecule has 0 saturated carbocycles. The lowest BCUT2D eigenvalue weighted by molar-refractivity contribution is 0.0967. The van der Waals surface area contributed by atoms with Crippen LogP contribution in [0.4, 0.5) is 0 Å². The Kier molecular flexibility index (Phi) is 6.50. The Morgan fingerprint density at radius 2 is 1.92 bits per heavy atom. The molecule has 0 bridgehead atoms. The van der Waals surface area contributed by atoms with E-state index >= 15 is 0 Å². The molecule has 2 rings (SSSR count). The fraction of sp³-hybridized carbons (Fsp3) is 0.182. The molecule has 0 aliphatic carbocycles. The number of aryl methyl sites for hydroxylation is 2. The Hall–Kier alpha value is -3.14. The summed E-state index contributed by atoms with van der Waals surface area (Å²) in [5.74, 6) is -0.186. The number of nitrogens with one attached hydrogen (secondary N) is 1. The Balaban J connectivity index is 2.09. The van der Waals surface area contributed by atoms with E-state index in [1.807, 2.05) is 49.5 Å². The molecule has 134 valence electrons. The van der Waals surface area contributed by atoms with E-state index in [2.05, 4.69) is 18.8 Å². The maximum absolute atomic E-state index is 12.1. The molecule has 0 saturated heterocycles. The first-order valence-electron chi connectivity index (χ1n) is 8.52. The number of carbonyl (C=O) groups is 1. The van der Waals surface area contributed by atoms with E-state index in [9.17, 15) is 9.59 Å². The number of hydrogen-bond acceptors (Lipinski definition) is 2. The molecular weight excluding hydrogens is 324 g/mol. The van der Waals surface area contributed by atoms with Gasteiger partial charge in [-0.05, 0) is 48.8 Å². The van der Waals surface area contributed by atoms with Gasteiger partial charge >= 0.3 is 0 Å². The van der Waals surface area contributed by atoms with E-state index in [4.69, 9.17) is 0 Å². The zero-order valence-corrected chi connectivity index (χ0v) is 15.5. The molecule has 1 heterocycles. The molecule has 4 nitrogen and oxygen atoms in total. The van der Waals surface area contributed by atoms with E-state index in [1.54, 1.807) is 29.8 Å². The third-order valence-corrected chi connectivity index (χ3v) is 4.02. The van der Waals surface area contributed by atoms with Crippen molar-refractivity contribution in [3.8, 4) is 0 Å². The van der Waals surface area contributed by atoms with Gasteiger partial charge in [0.1, 0.15) is 0 Å². The van der Waals surface area contributed by atoms with E-state index in [0.29, 0.717) is 16.8 Å². The van der Waals surface area contributed by atoms with Gasteiger partial charge in [0, 0.05) is 30.1 Å². The summed E-state index contributed by atoms with van der Waals surface area (Å²) in [4.78, 5) is 23.9. The third-order valence-electron chi connectivity index (χ3n) is 4.02. The SMILES string of the molecule is C=C(/C=C\C=C(/CC)c1cc(C)c(=O)n(C)c1)NC(=O)c1ccccc1. The molecule has 0 aliphatic rings. The maximum Gasteiger partial charge on any atom is 0.255 e. The van der Waals surface area contributed by atoms with E-state index in [-0.39, 0.29) is 11.5 Å². The Bertz CT molecular complexity index is 893. The highest BCUT2D eigenvalue weighted by molar-refractivity contribution is 5.95. The van der Waals surface area contributed by atoms with Crippen LogP contribution in [0.3, 0.4) is 0 Å². The quantitative estimate of drug-likeness (QED) is 0.803. The van der Waals surface area contributed by atoms with Crippen molar-refractivity contribution < 1.29 is 4.79 Å². The second kappa shape index (κ2) is 8.81. The number of aromatic nitrogens is 1. The lowest BCUT2D eigenvalue weighted by Crippen LogP contribution is -2.20. The summed E-state index contributed by atoms with van der Waals surface area (Å²) in [5, 5.41) is 2.76. The van der Waals surface area contributed by atoms with Gasteiger partial charge in [-0.15, -0.1) is 0 Å². The number of nitrogens with zero attached hydrogens (tertiary/aromatic N) is 1. The monoisotopic (exact) mass is 348 g/mol. The smallest absolute Gasteiger partial charge is 0.255 e. The number of allylic oxidation sites excluding steroid dienone is 4. The molecule has 0 radical (unpaired) electrons. The largest absolute Gasteiger partial charge is 0.323 e. The van der Waals surface area contributed by atoms with Gasteiger partial charge in [-0.2, -0.15) is 0 Å². The van der Waals surface area contributed by atoms with Crippen LogP contribution in [0.15, 0.2) is 77.9 Å². The minimum absolute atomic E-state index is 0.0109. The highest BCUT2D eigenvalue weighted by Gasteiger charge is 2.05. The Morgan fingerprint density at radius 3 is 2.54 bits per heavy atom. The van der Waals surface area contributed by atoms with Gasteiger partial charge < -0.3 is 9.88 Å². The average molecular weight is 348 g/mol. The van der Waals surface area contributed by atoms with E-state index < -0.39 is 0 Å². The highest BCUT2D eigenvalue weighted by Crippen LogP contribution is 2.17. The summed E-state index contributed by atoms with van der Waals surface area (Å²) in [5.41, 5.74) is 3.94. The van der Waals surface area contributed by atoms with Crippen LogP contribution in [0.2, 0.25) is 0 Å². The summed E-state index contributed by atoms with van der Waals surface area (Å²) < 4.78 is 1.59. The van der Waals surface area contributed by atoms with E-state index in [0.717, 1.165) is 17.6 Å². The molecule has 4 heteroatoms. The average Bonchev–Trinajstić information content (AvgIpc) is 2.63. The first-order valence-corrected chi connectivity index (χ1v) is 8.52. The van der Waals surface area contributed by atoms with Crippen LogP contribution in [0.5, 0.6) is 0 Å². The fourth-order valence-electron chi connectivity index (χ4n) is 2.60. The lowest BCUT2D eigenvalue weighted by atomic mass is 10.0. The van der Waals surface area contributed by atoms with Crippen LogP contribution >= 0.6 is 0 Å². The normalized spacial score (nSPS) is 11.6. The van der Waals surface area contributed by atoms with Gasteiger partial charge in [0.05, 0.1) is 0 Å². The summed E-state index contributed by atoms with van der Waals surface area (Å²) in [6.07, 6.45) is 8.24. The fourth-order valence-corrected chi connectivity index (χ4v) is 2.60. The van der Waals surface area contributed by atoms with Crippen molar-refractivity contribution in [3.05, 3.63) is 100 Å². The topological polar surface area (TPSA) is 51.1 Å². The number of benzene rings is 1. The van der Waals surface area contributed by atoms with Crippen LogP contribution in [0.1, 0.15) is 34.8 Å².